The van der Waals surface area contributed by atoms with Gasteiger partial charge in [-0.05, 0) is 36.8 Å². The molecular weight excluding hydrogens is 250 g/mol. The quantitative estimate of drug-likeness (QED) is 0.757. The van der Waals surface area contributed by atoms with Crippen LogP contribution in [0, 0.1) is 6.92 Å². The van der Waals surface area contributed by atoms with Gasteiger partial charge in [-0.25, -0.2) is 4.79 Å². The molecule has 3 nitrogen and oxygen atoms in total. The van der Waals surface area contributed by atoms with Crippen LogP contribution in [0.1, 0.15) is 27.2 Å². The number of hydrogen-bond donors (Lipinski definition) is 2. The lowest BCUT2D eigenvalue weighted by Crippen LogP contribution is -1.94. The number of aromatic amines is 1. The zero-order valence-electron chi connectivity index (χ0n) is 11.2. The van der Waals surface area contributed by atoms with Crippen molar-refractivity contribution in [2.45, 2.75) is 13.3 Å². The standard InChI is InChI=1S/C17H15NO2/c1-11-2-4-12(5-3-11)8-15-10-14-9-13(17(19)20)6-7-16(14)18-15/h2-7,9-10,18H,8H2,1H3,(H,19,20). The molecule has 0 aliphatic rings. The van der Waals surface area contributed by atoms with Crippen LogP contribution in [0.5, 0.6) is 0 Å². The SMILES string of the molecule is Cc1ccc(Cc2cc3cc(C(=O)O)ccc3[nH]2)cc1. The lowest BCUT2D eigenvalue weighted by atomic mass is 10.1. The van der Waals surface area contributed by atoms with Gasteiger partial charge < -0.3 is 10.1 Å². The van der Waals surface area contributed by atoms with Crippen molar-refractivity contribution in [2.75, 3.05) is 0 Å². The van der Waals surface area contributed by atoms with Crippen LogP contribution in [0.2, 0.25) is 0 Å². The van der Waals surface area contributed by atoms with Gasteiger partial charge in [0.25, 0.3) is 0 Å². The zero-order chi connectivity index (χ0) is 14.1. The molecule has 0 aliphatic heterocycles. The number of aromatic carboxylic acids is 1. The summed E-state index contributed by atoms with van der Waals surface area (Å²) in [6.07, 6.45) is 0.817. The molecule has 0 fully saturated rings. The third-order valence-electron chi connectivity index (χ3n) is 3.44. The molecule has 3 rings (SSSR count). The maximum Gasteiger partial charge on any atom is 0.335 e. The molecule has 2 N–H and O–H groups in total. The summed E-state index contributed by atoms with van der Waals surface area (Å²) in [5.74, 6) is -0.895. The minimum atomic E-state index is -0.895. The Hall–Kier alpha value is -2.55. The Bertz CT molecular complexity index is 769. The first-order valence-electron chi connectivity index (χ1n) is 6.52. The molecule has 3 heteroatoms. The molecule has 0 saturated heterocycles. The Balaban J connectivity index is 1.92. The van der Waals surface area contributed by atoms with E-state index in [2.05, 4.69) is 36.2 Å². The zero-order valence-corrected chi connectivity index (χ0v) is 11.2. The van der Waals surface area contributed by atoms with Gasteiger partial charge in [-0.2, -0.15) is 0 Å². The molecule has 0 unspecified atom stereocenters. The minimum absolute atomic E-state index is 0.318. The van der Waals surface area contributed by atoms with Crippen LogP contribution in [0.15, 0.2) is 48.5 Å². The Kier molecular flexibility index (Phi) is 3.03. The number of nitrogens with one attached hydrogen (secondary N) is 1. The first kappa shape index (κ1) is 12.5. The third-order valence-corrected chi connectivity index (χ3v) is 3.44. The van der Waals surface area contributed by atoms with Gasteiger partial charge in [0.2, 0.25) is 0 Å². The number of carboxylic acids is 1. The molecule has 0 atom stereocenters. The van der Waals surface area contributed by atoms with Crippen LogP contribution in [-0.4, -0.2) is 16.1 Å². The number of benzene rings is 2. The van der Waals surface area contributed by atoms with Crippen molar-refractivity contribution in [3.63, 3.8) is 0 Å². The normalized spacial score (nSPS) is 10.8. The van der Waals surface area contributed by atoms with Crippen LogP contribution in [-0.2, 0) is 6.42 Å². The molecule has 0 radical (unpaired) electrons. The van der Waals surface area contributed by atoms with E-state index in [-0.39, 0.29) is 0 Å². The van der Waals surface area contributed by atoms with Crippen LogP contribution in [0.4, 0.5) is 0 Å². The number of rotatable bonds is 3. The van der Waals surface area contributed by atoms with Gasteiger partial charge in [-0.15, -0.1) is 0 Å². The molecule has 3 aromatic rings. The number of aromatic nitrogens is 1. The Morgan fingerprint density at radius 2 is 1.85 bits per heavy atom. The second-order valence-corrected chi connectivity index (χ2v) is 5.06. The van der Waals surface area contributed by atoms with Crippen molar-refractivity contribution in [2.24, 2.45) is 0 Å². The van der Waals surface area contributed by atoms with E-state index in [9.17, 15) is 4.79 Å². The average molecular weight is 265 g/mol. The van der Waals surface area contributed by atoms with E-state index in [4.69, 9.17) is 5.11 Å². The third kappa shape index (κ3) is 2.43. The fraction of sp³-hybridized carbons (Fsp3) is 0.118. The van der Waals surface area contributed by atoms with Crippen molar-refractivity contribution < 1.29 is 9.90 Å². The first-order valence-corrected chi connectivity index (χ1v) is 6.52. The smallest absolute Gasteiger partial charge is 0.335 e. The summed E-state index contributed by atoms with van der Waals surface area (Å²) in [4.78, 5) is 14.3. The second-order valence-electron chi connectivity index (χ2n) is 5.06. The van der Waals surface area contributed by atoms with Crippen LogP contribution in [0.25, 0.3) is 10.9 Å². The summed E-state index contributed by atoms with van der Waals surface area (Å²) in [6.45, 7) is 2.07. The topological polar surface area (TPSA) is 53.1 Å². The van der Waals surface area contributed by atoms with E-state index in [1.165, 1.54) is 11.1 Å². The van der Waals surface area contributed by atoms with Gasteiger partial charge in [-0.1, -0.05) is 29.8 Å². The van der Waals surface area contributed by atoms with Crippen molar-refractivity contribution in [1.82, 2.24) is 4.98 Å². The highest BCUT2D eigenvalue weighted by Crippen LogP contribution is 2.19. The highest BCUT2D eigenvalue weighted by Gasteiger charge is 2.06. The van der Waals surface area contributed by atoms with Gasteiger partial charge in [0.1, 0.15) is 0 Å². The Labute approximate surface area is 116 Å². The van der Waals surface area contributed by atoms with Crippen molar-refractivity contribution in [3.8, 4) is 0 Å². The fourth-order valence-electron chi connectivity index (χ4n) is 2.35. The van der Waals surface area contributed by atoms with Gasteiger partial charge in [0.15, 0.2) is 0 Å². The molecule has 0 amide bonds. The van der Waals surface area contributed by atoms with E-state index in [1.807, 2.05) is 12.1 Å². The largest absolute Gasteiger partial charge is 0.478 e. The molecule has 2 aromatic carbocycles. The number of hydrogen-bond acceptors (Lipinski definition) is 1. The van der Waals surface area contributed by atoms with Gasteiger partial charge >= 0.3 is 5.97 Å². The maximum atomic E-state index is 11.0. The molecule has 1 heterocycles. The van der Waals surface area contributed by atoms with E-state index >= 15 is 0 Å². The fourth-order valence-corrected chi connectivity index (χ4v) is 2.35. The van der Waals surface area contributed by atoms with E-state index in [0.717, 1.165) is 23.0 Å². The summed E-state index contributed by atoms with van der Waals surface area (Å²) < 4.78 is 0. The van der Waals surface area contributed by atoms with Crippen LogP contribution >= 0.6 is 0 Å². The predicted octanol–water partition coefficient (Wildman–Crippen LogP) is 3.77. The number of carbonyl (C=O) groups is 1. The summed E-state index contributed by atoms with van der Waals surface area (Å²) in [5, 5.41) is 9.94. The van der Waals surface area contributed by atoms with Crippen LogP contribution < -0.4 is 0 Å². The van der Waals surface area contributed by atoms with Crippen molar-refractivity contribution in [3.05, 3.63) is 70.9 Å². The van der Waals surface area contributed by atoms with Crippen LogP contribution in [0.3, 0.4) is 0 Å². The molecule has 20 heavy (non-hydrogen) atoms. The second kappa shape index (κ2) is 4.85. The summed E-state index contributed by atoms with van der Waals surface area (Å²) >= 11 is 0. The Morgan fingerprint density at radius 1 is 1.10 bits per heavy atom. The van der Waals surface area contributed by atoms with E-state index in [1.54, 1.807) is 12.1 Å². The summed E-state index contributed by atoms with van der Waals surface area (Å²) in [6, 6.07) is 15.6. The van der Waals surface area contributed by atoms with E-state index < -0.39 is 5.97 Å². The van der Waals surface area contributed by atoms with E-state index in [0.29, 0.717) is 5.56 Å². The molecule has 0 aliphatic carbocycles. The number of H-pyrrole nitrogens is 1. The van der Waals surface area contributed by atoms with Gasteiger partial charge in [0.05, 0.1) is 5.56 Å². The van der Waals surface area contributed by atoms with Gasteiger partial charge in [0, 0.05) is 23.0 Å². The predicted molar refractivity (Wildman–Crippen MR) is 79.2 cm³/mol. The number of fused-ring (bicyclic) bond motifs is 1. The lowest BCUT2D eigenvalue weighted by molar-refractivity contribution is 0.0697. The summed E-state index contributed by atoms with van der Waals surface area (Å²) in [5.41, 5.74) is 4.86. The van der Waals surface area contributed by atoms with Crippen molar-refractivity contribution in [1.29, 1.82) is 0 Å². The first-order chi connectivity index (χ1) is 9.61. The number of aryl methyl sites for hydroxylation is 1. The van der Waals surface area contributed by atoms with Gasteiger partial charge in [-0.3, -0.25) is 0 Å². The highest BCUT2D eigenvalue weighted by molar-refractivity contribution is 5.93. The molecule has 100 valence electrons. The molecule has 0 bridgehead atoms. The lowest BCUT2D eigenvalue weighted by Gasteiger charge is -1.99. The van der Waals surface area contributed by atoms with Crippen molar-refractivity contribution >= 4 is 16.9 Å². The number of carboxylic acid groups (broad SMARTS) is 1. The molecule has 0 saturated carbocycles. The maximum absolute atomic E-state index is 11.0. The average Bonchev–Trinajstić information content (AvgIpc) is 2.82. The highest BCUT2D eigenvalue weighted by atomic mass is 16.4. The molecular formula is C17H15NO2. The monoisotopic (exact) mass is 265 g/mol. The Morgan fingerprint density at radius 3 is 2.55 bits per heavy atom. The summed E-state index contributed by atoms with van der Waals surface area (Å²) in [7, 11) is 0. The molecule has 0 spiro atoms. The molecule has 1 aromatic heterocycles. The minimum Gasteiger partial charge on any atom is -0.478 e.